The van der Waals surface area contributed by atoms with Crippen molar-refractivity contribution in [2.24, 2.45) is 11.8 Å². The fourth-order valence-electron chi connectivity index (χ4n) is 7.68. The number of likely N-dealkylation sites (tertiary alicyclic amines) is 1. The molecule has 3 nitrogen and oxygen atoms in total. The number of hydrogen-bond acceptors (Lipinski definition) is 3. The normalized spacial score (nSPS) is 40.9. The van der Waals surface area contributed by atoms with E-state index in [1.807, 2.05) is 0 Å². The molecule has 0 saturated carbocycles. The Hall–Kier alpha value is -0.120. The van der Waals surface area contributed by atoms with Crippen LogP contribution in [0.1, 0.15) is 141 Å². The van der Waals surface area contributed by atoms with E-state index >= 15 is 0 Å². The Labute approximate surface area is 222 Å². The average Bonchev–Trinajstić information content (AvgIpc) is 2.84. The van der Waals surface area contributed by atoms with Crippen LogP contribution in [0.25, 0.3) is 0 Å². The monoisotopic (exact) mass is 494 g/mol. The summed E-state index contributed by atoms with van der Waals surface area (Å²) < 4.78 is 0. The molecule has 0 bridgehead atoms. The Bertz CT molecular complexity index is 647. The highest BCUT2D eigenvalue weighted by atomic mass is 15.4. The molecule has 2 fully saturated rings. The average molecular weight is 494 g/mol. The van der Waals surface area contributed by atoms with Gasteiger partial charge >= 0.3 is 0 Å². The molecular weight excluding hydrogens is 426 g/mol. The highest BCUT2D eigenvalue weighted by Crippen LogP contribution is 2.48. The summed E-state index contributed by atoms with van der Waals surface area (Å²) in [6.45, 7) is 33.6. The lowest BCUT2D eigenvalue weighted by Crippen LogP contribution is -2.77. The van der Waals surface area contributed by atoms with Gasteiger partial charge in [-0.3, -0.25) is 14.7 Å². The van der Waals surface area contributed by atoms with Gasteiger partial charge in [0.1, 0.15) is 0 Å². The third-order valence-electron chi connectivity index (χ3n) is 12.2. The van der Waals surface area contributed by atoms with Gasteiger partial charge in [-0.15, -0.1) is 0 Å². The van der Waals surface area contributed by atoms with Gasteiger partial charge in [0.05, 0.1) is 0 Å². The van der Waals surface area contributed by atoms with E-state index in [-0.39, 0.29) is 11.1 Å². The van der Waals surface area contributed by atoms with Gasteiger partial charge in [-0.05, 0) is 113 Å². The first-order valence-corrected chi connectivity index (χ1v) is 15.3. The molecule has 2 aliphatic rings. The van der Waals surface area contributed by atoms with Crippen LogP contribution in [-0.4, -0.2) is 69.6 Å². The molecule has 2 heterocycles. The fraction of sp³-hybridized carbons (Fsp3) is 1.00. The van der Waals surface area contributed by atoms with E-state index in [0.717, 1.165) is 11.8 Å². The molecule has 2 aliphatic heterocycles. The SMILES string of the molecule is CCCC1CC(C)(CC)N(C)C(C)(CC)C1C.CCCN1CC(C)(CC)N(C)C(C)(CC)C1(C)C. The van der Waals surface area contributed by atoms with Gasteiger partial charge < -0.3 is 0 Å². The summed E-state index contributed by atoms with van der Waals surface area (Å²) in [4.78, 5) is 8.07. The summed E-state index contributed by atoms with van der Waals surface area (Å²) in [6, 6.07) is 0. The van der Waals surface area contributed by atoms with Crippen LogP contribution in [0.2, 0.25) is 0 Å². The van der Waals surface area contributed by atoms with E-state index in [0.29, 0.717) is 16.6 Å². The smallest absolute Gasteiger partial charge is 0.0360 e. The standard InChI is InChI=1S/C16H34N2.C16H33N/c1-9-12-18-13-15(6,10-2)17(8)16(7,11-3)14(18,4)5;1-8-11-14-12-15(5,9-2)17(7)16(6,10-3)13(14)4/h9-13H2,1-8H3;13-14H,8-12H2,1-7H3. The predicted molar refractivity (Wildman–Crippen MR) is 158 cm³/mol. The molecule has 0 aliphatic carbocycles. The third-order valence-corrected chi connectivity index (χ3v) is 12.2. The maximum Gasteiger partial charge on any atom is 0.0360 e. The van der Waals surface area contributed by atoms with Crippen molar-refractivity contribution in [1.29, 1.82) is 0 Å². The van der Waals surface area contributed by atoms with Crippen LogP contribution >= 0.6 is 0 Å². The van der Waals surface area contributed by atoms with Crippen molar-refractivity contribution in [3.05, 3.63) is 0 Å². The van der Waals surface area contributed by atoms with Crippen molar-refractivity contribution in [3.8, 4) is 0 Å². The first-order chi connectivity index (χ1) is 16.0. The maximum atomic E-state index is 2.72. The molecule has 6 atom stereocenters. The van der Waals surface area contributed by atoms with Crippen molar-refractivity contribution < 1.29 is 0 Å². The van der Waals surface area contributed by atoms with Crippen LogP contribution < -0.4 is 0 Å². The Kier molecular flexibility index (Phi) is 11.4. The number of nitrogens with zero attached hydrogens (tertiary/aromatic N) is 3. The van der Waals surface area contributed by atoms with Crippen molar-refractivity contribution in [1.82, 2.24) is 14.7 Å². The van der Waals surface area contributed by atoms with E-state index in [4.69, 9.17) is 0 Å². The van der Waals surface area contributed by atoms with E-state index in [2.05, 4.69) is 119 Å². The minimum Gasteiger partial charge on any atom is -0.295 e. The molecule has 0 amide bonds. The summed E-state index contributed by atoms with van der Waals surface area (Å²) in [5.74, 6) is 1.73. The number of rotatable bonds is 8. The van der Waals surface area contributed by atoms with Crippen LogP contribution in [0.4, 0.5) is 0 Å². The highest BCUT2D eigenvalue weighted by molar-refractivity contribution is 5.13. The second kappa shape index (κ2) is 12.2. The fourth-order valence-corrected chi connectivity index (χ4v) is 7.68. The van der Waals surface area contributed by atoms with Crippen LogP contribution in [0, 0.1) is 11.8 Å². The van der Waals surface area contributed by atoms with E-state index < -0.39 is 0 Å². The molecule has 6 unspecified atom stereocenters. The second-order valence-corrected chi connectivity index (χ2v) is 13.7. The maximum absolute atomic E-state index is 2.72. The minimum absolute atomic E-state index is 0.237. The largest absolute Gasteiger partial charge is 0.295 e. The van der Waals surface area contributed by atoms with E-state index in [9.17, 15) is 0 Å². The van der Waals surface area contributed by atoms with Crippen molar-refractivity contribution in [2.45, 2.75) is 169 Å². The van der Waals surface area contributed by atoms with Gasteiger partial charge in [0.25, 0.3) is 0 Å². The number of likely N-dealkylation sites (N-methyl/N-ethyl adjacent to an activating group) is 1. The van der Waals surface area contributed by atoms with Crippen LogP contribution in [-0.2, 0) is 0 Å². The van der Waals surface area contributed by atoms with Crippen LogP contribution in [0.5, 0.6) is 0 Å². The van der Waals surface area contributed by atoms with Crippen LogP contribution in [0.3, 0.4) is 0 Å². The molecular formula is C32H67N3. The Morgan fingerprint density at radius 2 is 1.23 bits per heavy atom. The predicted octanol–water partition coefficient (Wildman–Crippen LogP) is 8.47. The van der Waals surface area contributed by atoms with Gasteiger partial charge in [-0.1, -0.05) is 61.3 Å². The van der Waals surface area contributed by atoms with E-state index in [1.165, 1.54) is 64.5 Å². The topological polar surface area (TPSA) is 9.72 Å². The van der Waals surface area contributed by atoms with Crippen molar-refractivity contribution in [2.75, 3.05) is 27.2 Å². The van der Waals surface area contributed by atoms with Gasteiger partial charge in [-0.25, -0.2) is 0 Å². The zero-order valence-electron chi connectivity index (χ0n) is 27.1. The third kappa shape index (κ3) is 5.83. The quantitative estimate of drug-likeness (QED) is 0.336. The molecule has 0 N–H and O–H groups in total. The summed E-state index contributed by atoms with van der Waals surface area (Å²) in [6.07, 6.45) is 10.3. The lowest BCUT2D eigenvalue weighted by molar-refractivity contribution is -0.149. The number of hydrogen-bond donors (Lipinski definition) is 0. The lowest BCUT2D eigenvalue weighted by Gasteiger charge is -2.66. The van der Waals surface area contributed by atoms with Gasteiger partial charge in [0.2, 0.25) is 0 Å². The van der Waals surface area contributed by atoms with Crippen LogP contribution in [0.15, 0.2) is 0 Å². The van der Waals surface area contributed by atoms with Crippen molar-refractivity contribution >= 4 is 0 Å². The Morgan fingerprint density at radius 3 is 1.63 bits per heavy atom. The molecule has 0 spiro atoms. The zero-order valence-corrected chi connectivity index (χ0v) is 27.1. The van der Waals surface area contributed by atoms with Gasteiger partial charge in [-0.2, -0.15) is 0 Å². The second-order valence-electron chi connectivity index (χ2n) is 13.7. The summed E-state index contributed by atoms with van der Waals surface area (Å²) in [7, 11) is 4.68. The Morgan fingerprint density at radius 1 is 0.686 bits per heavy atom. The number of piperazine rings is 1. The van der Waals surface area contributed by atoms with Crippen molar-refractivity contribution in [3.63, 3.8) is 0 Å². The summed E-state index contributed by atoms with van der Waals surface area (Å²) >= 11 is 0. The first-order valence-electron chi connectivity index (χ1n) is 15.3. The highest BCUT2D eigenvalue weighted by Gasteiger charge is 2.55. The molecule has 35 heavy (non-hydrogen) atoms. The molecule has 0 aromatic carbocycles. The molecule has 0 aromatic rings. The first kappa shape index (κ1) is 32.9. The van der Waals surface area contributed by atoms with Gasteiger partial charge in [0, 0.05) is 34.2 Å². The lowest BCUT2D eigenvalue weighted by atomic mass is 9.63. The number of piperidine rings is 1. The molecule has 2 rings (SSSR count). The molecule has 210 valence electrons. The summed E-state index contributed by atoms with van der Waals surface area (Å²) in [5.41, 5.74) is 1.56. The molecule has 3 heteroatoms. The molecule has 2 saturated heterocycles. The van der Waals surface area contributed by atoms with E-state index in [1.54, 1.807) is 0 Å². The molecule has 0 radical (unpaired) electrons. The molecule has 0 aromatic heterocycles. The van der Waals surface area contributed by atoms with Gasteiger partial charge in [0.15, 0.2) is 0 Å². The summed E-state index contributed by atoms with van der Waals surface area (Å²) in [5, 5.41) is 0. The minimum atomic E-state index is 0.237. The zero-order chi connectivity index (χ0) is 27.5. The Balaban J connectivity index is 0.000000351.